The minimum Gasteiger partial charge on any atom is -0.496 e. The predicted octanol–water partition coefficient (Wildman–Crippen LogP) is 2.08. The fraction of sp³-hybridized carbons (Fsp3) is 0.538. The van der Waals surface area contributed by atoms with E-state index >= 15 is 0 Å². The Morgan fingerprint density at radius 2 is 2.00 bits per heavy atom. The van der Waals surface area contributed by atoms with Gasteiger partial charge in [-0.2, -0.15) is 0 Å². The number of benzene rings is 1. The Balaban J connectivity index is 2.77. The zero-order valence-corrected chi connectivity index (χ0v) is 10.4. The van der Waals surface area contributed by atoms with Gasteiger partial charge in [0.2, 0.25) is 0 Å². The summed E-state index contributed by atoms with van der Waals surface area (Å²) in [6, 6.07) is 8.66. The van der Waals surface area contributed by atoms with E-state index in [-0.39, 0.29) is 6.04 Å². The SMILES string of the molecule is CNC(CCC(C)N)c1ccccc1OC. The molecule has 0 fully saturated rings. The van der Waals surface area contributed by atoms with Crippen LogP contribution in [-0.4, -0.2) is 20.2 Å². The highest BCUT2D eigenvalue weighted by Gasteiger charge is 2.13. The largest absolute Gasteiger partial charge is 0.496 e. The average molecular weight is 222 g/mol. The molecular weight excluding hydrogens is 200 g/mol. The van der Waals surface area contributed by atoms with E-state index in [1.54, 1.807) is 7.11 Å². The van der Waals surface area contributed by atoms with E-state index in [2.05, 4.69) is 11.4 Å². The number of hydrogen-bond acceptors (Lipinski definition) is 3. The van der Waals surface area contributed by atoms with Gasteiger partial charge in [0, 0.05) is 17.6 Å². The molecular formula is C13H22N2O. The predicted molar refractivity (Wildman–Crippen MR) is 67.7 cm³/mol. The molecule has 0 spiro atoms. The lowest BCUT2D eigenvalue weighted by atomic mass is 9.99. The van der Waals surface area contributed by atoms with Crippen molar-refractivity contribution in [1.82, 2.24) is 5.32 Å². The monoisotopic (exact) mass is 222 g/mol. The second-order valence-corrected chi connectivity index (χ2v) is 4.14. The zero-order valence-electron chi connectivity index (χ0n) is 10.4. The highest BCUT2D eigenvalue weighted by Crippen LogP contribution is 2.27. The van der Waals surface area contributed by atoms with Crippen LogP contribution in [0.5, 0.6) is 5.75 Å². The number of methoxy groups -OCH3 is 1. The molecule has 2 unspecified atom stereocenters. The Kier molecular flexibility index (Phi) is 5.29. The average Bonchev–Trinajstić information content (AvgIpc) is 2.30. The van der Waals surface area contributed by atoms with Crippen molar-refractivity contribution in [3.05, 3.63) is 29.8 Å². The van der Waals surface area contributed by atoms with Crippen LogP contribution in [0.3, 0.4) is 0 Å². The van der Waals surface area contributed by atoms with Crippen LogP contribution in [0.15, 0.2) is 24.3 Å². The van der Waals surface area contributed by atoms with Gasteiger partial charge in [0.1, 0.15) is 5.75 Å². The van der Waals surface area contributed by atoms with Crippen molar-refractivity contribution in [1.29, 1.82) is 0 Å². The number of rotatable bonds is 6. The summed E-state index contributed by atoms with van der Waals surface area (Å²) in [6.45, 7) is 2.04. The molecule has 0 aliphatic carbocycles. The van der Waals surface area contributed by atoms with Gasteiger partial charge in [-0.25, -0.2) is 0 Å². The number of ether oxygens (including phenoxy) is 1. The lowest BCUT2D eigenvalue weighted by Crippen LogP contribution is -2.21. The quantitative estimate of drug-likeness (QED) is 0.774. The molecule has 0 saturated carbocycles. The summed E-state index contributed by atoms with van der Waals surface area (Å²) < 4.78 is 5.36. The highest BCUT2D eigenvalue weighted by molar-refractivity contribution is 5.35. The molecule has 0 saturated heterocycles. The van der Waals surface area contributed by atoms with Gasteiger partial charge in [-0.15, -0.1) is 0 Å². The second-order valence-electron chi connectivity index (χ2n) is 4.14. The van der Waals surface area contributed by atoms with E-state index in [9.17, 15) is 0 Å². The fourth-order valence-electron chi connectivity index (χ4n) is 1.84. The van der Waals surface area contributed by atoms with Crippen LogP contribution in [0.25, 0.3) is 0 Å². The highest BCUT2D eigenvalue weighted by atomic mass is 16.5. The van der Waals surface area contributed by atoms with Crippen LogP contribution < -0.4 is 15.8 Å². The van der Waals surface area contributed by atoms with Crippen LogP contribution in [0.4, 0.5) is 0 Å². The molecule has 90 valence electrons. The van der Waals surface area contributed by atoms with Gasteiger partial charge in [-0.05, 0) is 32.9 Å². The summed E-state index contributed by atoms with van der Waals surface area (Å²) in [4.78, 5) is 0. The van der Waals surface area contributed by atoms with Crippen molar-refractivity contribution < 1.29 is 4.74 Å². The van der Waals surface area contributed by atoms with E-state index in [1.807, 2.05) is 32.2 Å². The first kappa shape index (κ1) is 13.0. The van der Waals surface area contributed by atoms with Crippen molar-refractivity contribution in [3.8, 4) is 5.75 Å². The van der Waals surface area contributed by atoms with Crippen molar-refractivity contribution in [2.24, 2.45) is 5.73 Å². The first-order valence-electron chi connectivity index (χ1n) is 5.74. The second kappa shape index (κ2) is 6.51. The summed E-state index contributed by atoms with van der Waals surface area (Å²) in [5.41, 5.74) is 6.99. The van der Waals surface area contributed by atoms with Gasteiger partial charge < -0.3 is 15.8 Å². The molecule has 16 heavy (non-hydrogen) atoms. The van der Waals surface area contributed by atoms with Crippen molar-refractivity contribution in [2.45, 2.75) is 31.8 Å². The van der Waals surface area contributed by atoms with E-state index in [1.165, 1.54) is 5.56 Å². The first-order valence-corrected chi connectivity index (χ1v) is 5.74. The number of nitrogens with one attached hydrogen (secondary N) is 1. The lowest BCUT2D eigenvalue weighted by Gasteiger charge is -2.20. The lowest BCUT2D eigenvalue weighted by molar-refractivity contribution is 0.395. The molecule has 1 rings (SSSR count). The van der Waals surface area contributed by atoms with E-state index in [4.69, 9.17) is 10.5 Å². The number of nitrogens with two attached hydrogens (primary N) is 1. The third-order valence-corrected chi connectivity index (χ3v) is 2.77. The smallest absolute Gasteiger partial charge is 0.123 e. The third kappa shape index (κ3) is 3.51. The van der Waals surface area contributed by atoms with Crippen LogP contribution in [0, 0.1) is 0 Å². The Hall–Kier alpha value is -1.06. The molecule has 0 amide bonds. The molecule has 3 N–H and O–H groups in total. The van der Waals surface area contributed by atoms with Gasteiger partial charge >= 0.3 is 0 Å². The summed E-state index contributed by atoms with van der Waals surface area (Å²) >= 11 is 0. The molecule has 1 aromatic carbocycles. The molecule has 2 atom stereocenters. The molecule has 0 heterocycles. The van der Waals surface area contributed by atoms with E-state index < -0.39 is 0 Å². The maximum atomic E-state index is 5.79. The molecule has 3 nitrogen and oxygen atoms in total. The molecule has 0 radical (unpaired) electrons. The molecule has 0 aliphatic rings. The minimum atomic E-state index is 0.241. The van der Waals surface area contributed by atoms with Gasteiger partial charge in [0.05, 0.1) is 7.11 Å². The van der Waals surface area contributed by atoms with Crippen LogP contribution in [0.2, 0.25) is 0 Å². The van der Waals surface area contributed by atoms with Gasteiger partial charge in [-0.3, -0.25) is 0 Å². The van der Waals surface area contributed by atoms with Crippen LogP contribution in [0.1, 0.15) is 31.4 Å². The molecule has 1 aromatic rings. The van der Waals surface area contributed by atoms with Crippen molar-refractivity contribution >= 4 is 0 Å². The van der Waals surface area contributed by atoms with E-state index in [0.717, 1.165) is 18.6 Å². The summed E-state index contributed by atoms with van der Waals surface area (Å²) in [6.07, 6.45) is 2.03. The Morgan fingerprint density at radius 3 is 2.56 bits per heavy atom. The number of hydrogen-bond donors (Lipinski definition) is 2. The topological polar surface area (TPSA) is 47.3 Å². The molecule has 0 aromatic heterocycles. The Morgan fingerprint density at radius 1 is 1.31 bits per heavy atom. The minimum absolute atomic E-state index is 0.241. The first-order chi connectivity index (χ1) is 7.69. The van der Waals surface area contributed by atoms with Gasteiger partial charge in [0.25, 0.3) is 0 Å². The summed E-state index contributed by atoms with van der Waals surface area (Å²) in [7, 11) is 3.68. The molecule has 3 heteroatoms. The normalized spacial score (nSPS) is 14.5. The number of para-hydroxylation sites is 1. The summed E-state index contributed by atoms with van der Waals surface area (Å²) in [5, 5.41) is 3.31. The van der Waals surface area contributed by atoms with Gasteiger partial charge in [-0.1, -0.05) is 18.2 Å². The maximum Gasteiger partial charge on any atom is 0.123 e. The van der Waals surface area contributed by atoms with E-state index in [0.29, 0.717) is 6.04 Å². The Bertz CT molecular complexity index is 313. The maximum absolute atomic E-state index is 5.79. The molecule has 0 aliphatic heterocycles. The van der Waals surface area contributed by atoms with Crippen LogP contribution in [-0.2, 0) is 0 Å². The molecule has 0 bridgehead atoms. The zero-order chi connectivity index (χ0) is 12.0. The van der Waals surface area contributed by atoms with Crippen molar-refractivity contribution in [3.63, 3.8) is 0 Å². The fourth-order valence-corrected chi connectivity index (χ4v) is 1.84. The van der Waals surface area contributed by atoms with Crippen molar-refractivity contribution in [2.75, 3.05) is 14.2 Å². The third-order valence-electron chi connectivity index (χ3n) is 2.77. The van der Waals surface area contributed by atoms with Crippen LogP contribution >= 0.6 is 0 Å². The standard InChI is InChI=1S/C13H22N2O/c1-10(14)8-9-12(15-2)11-6-4-5-7-13(11)16-3/h4-7,10,12,15H,8-9,14H2,1-3H3. The van der Waals surface area contributed by atoms with Gasteiger partial charge in [0.15, 0.2) is 0 Å². The Labute approximate surface area is 98.0 Å². The summed E-state index contributed by atoms with van der Waals surface area (Å²) in [5.74, 6) is 0.937.